The first-order valence-electron chi connectivity index (χ1n) is 11.5. The molecule has 1 fully saturated rings. The maximum absolute atomic E-state index is 15.5. The zero-order valence-corrected chi connectivity index (χ0v) is 20.1. The van der Waals surface area contributed by atoms with Gasteiger partial charge in [0, 0.05) is 25.4 Å². The number of halogens is 2. The molecule has 0 bridgehead atoms. The molecule has 0 spiro atoms. The summed E-state index contributed by atoms with van der Waals surface area (Å²) in [4.78, 5) is 33.3. The molecule has 12 heteroatoms. The molecule has 0 unspecified atom stereocenters. The standard InChI is InChI=1S/C25H24F2N6O4/c1-14-3-4-33-20(10-16-11-31(5-6-37-16)25(35)36-2)23(30-21(33)7-14)22-17(26)8-15(9-18(22)27)32-12-19(24(28)34)29-13-32/h3-4,7-9,12-13,16H,5-6,10-11H2,1-2H3,(H2,28,34)/t16-/m0/s1. The van der Waals surface area contributed by atoms with E-state index in [2.05, 4.69) is 9.97 Å². The van der Waals surface area contributed by atoms with Crippen LogP contribution in [0.15, 0.2) is 43.0 Å². The number of hydrogen-bond donors (Lipinski definition) is 1. The van der Waals surface area contributed by atoms with Crippen molar-refractivity contribution in [1.29, 1.82) is 0 Å². The van der Waals surface area contributed by atoms with Crippen LogP contribution >= 0.6 is 0 Å². The Labute approximate surface area is 210 Å². The first-order chi connectivity index (χ1) is 17.7. The SMILES string of the molecule is COC(=O)N1CCO[C@@H](Cc2c(-c3c(F)cc(-n4cnc(C(N)=O)c4)cc3F)nc3cc(C)ccn23)C1. The summed E-state index contributed by atoms with van der Waals surface area (Å²) in [6.45, 7) is 2.85. The van der Waals surface area contributed by atoms with Gasteiger partial charge in [-0.15, -0.1) is 0 Å². The number of fused-ring (bicyclic) bond motifs is 1. The second-order valence-corrected chi connectivity index (χ2v) is 8.77. The number of primary amides is 1. The fourth-order valence-corrected chi connectivity index (χ4v) is 4.47. The van der Waals surface area contributed by atoms with E-state index in [4.69, 9.17) is 15.2 Å². The van der Waals surface area contributed by atoms with Gasteiger partial charge in [-0.25, -0.2) is 23.5 Å². The zero-order valence-electron chi connectivity index (χ0n) is 20.1. The Morgan fingerprint density at radius 1 is 1.24 bits per heavy atom. The highest BCUT2D eigenvalue weighted by molar-refractivity contribution is 5.90. The number of methoxy groups -OCH3 is 1. The van der Waals surface area contributed by atoms with Crippen LogP contribution in [0.3, 0.4) is 0 Å². The number of pyridine rings is 1. The largest absolute Gasteiger partial charge is 0.453 e. The predicted octanol–water partition coefficient (Wildman–Crippen LogP) is 2.88. The van der Waals surface area contributed by atoms with E-state index in [1.165, 1.54) is 29.1 Å². The average molecular weight is 511 g/mol. The number of morpholine rings is 1. The molecule has 1 aliphatic rings. The second-order valence-electron chi connectivity index (χ2n) is 8.77. The summed E-state index contributed by atoms with van der Waals surface area (Å²) >= 11 is 0. The van der Waals surface area contributed by atoms with E-state index in [-0.39, 0.29) is 35.6 Å². The lowest BCUT2D eigenvalue weighted by Crippen LogP contribution is -2.46. The molecular formula is C25H24F2N6O4. The highest BCUT2D eigenvalue weighted by atomic mass is 19.1. The van der Waals surface area contributed by atoms with Crippen molar-refractivity contribution in [1.82, 2.24) is 23.8 Å². The molecular weight excluding hydrogens is 486 g/mol. The fourth-order valence-electron chi connectivity index (χ4n) is 4.47. The Kier molecular flexibility index (Phi) is 6.34. The molecule has 2 amide bonds. The molecule has 10 nitrogen and oxygen atoms in total. The maximum Gasteiger partial charge on any atom is 0.409 e. The smallest absolute Gasteiger partial charge is 0.409 e. The third kappa shape index (κ3) is 4.62. The molecule has 1 saturated heterocycles. The van der Waals surface area contributed by atoms with E-state index in [1.807, 2.05) is 19.1 Å². The van der Waals surface area contributed by atoms with Crippen molar-refractivity contribution in [3.63, 3.8) is 0 Å². The molecule has 0 saturated carbocycles. The fraction of sp³-hybridized carbons (Fsp3) is 0.280. The summed E-state index contributed by atoms with van der Waals surface area (Å²) in [7, 11) is 1.31. The summed E-state index contributed by atoms with van der Waals surface area (Å²) in [6.07, 6.45) is 3.68. The van der Waals surface area contributed by atoms with Crippen molar-refractivity contribution in [2.24, 2.45) is 5.73 Å². The number of hydrogen-bond acceptors (Lipinski definition) is 6. The molecule has 5 rings (SSSR count). The van der Waals surface area contributed by atoms with Gasteiger partial charge < -0.3 is 29.1 Å². The summed E-state index contributed by atoms with van der Waals surface area (Å²) in [5.74, 6) is -2.44. The highest BCUT2D eigenvalue weighted by Crippen LogP contribution is 2.33. The minimum Gasteiger partial charge on any atom is -0.453 e. The number of ether oxygens (including phenoxy) is 2. The molecule has 4 heterocycles. The predicted molar refractivity (Wildman–Crippen MR) is 128 cm³/mol. The number of carbonyl (C=O) groups excluding carboxylic acids is 2. The Morgan fingerprint density at radius 3 is 2.68 bits per heavy atom. The van der Waals surface area contributed by atoms with Gasteiger partial charge in [-0.3, -0.25) is 4.79 Å². The molecule has 192 valence electrons. The van der Waals surface area contributed by atoms with E-state index in [0.29, 0.717) is 24.5 Å². The summed E-state index contributed by atoms with van der Waals surface area (Å²) < 4.78 is 44.8. The van der Waals surface area contributed by atoms with Crippen LogP contribution in [0.2, 0.25) is 0 Å². The van der Waals surface area contributed by atoms with E-state index < -0.39 is 29.7 Å². The number of benzene rings is 1. The molecule has 3 aromatic heterocycles. The summed E-state index contributed by atoms with van der Waals surface area (Å²) in [6, 6.07) is 5.96. The van der Waals surface area contributed by atoms with Gasteiger partial charge in [0.2, 0.25) is 0 Å². The maximum atomic E-state index is 15.5. The van der Waals surface area contributed by atoms with Crippen molar-refractivity contribution in [2.45, 2.75) is 19.4 Å². The monoisotopic (exact) mass is 510 g/mol. The van der Waals surface area contributed by atoms with Gasteiger partial charge in [0.15, 0.2) is 0 Å². The number of imidazole rings is 2. The van der Waals surface area contributed by atoms with Crippen molar-refractivity contribution in [2.75, 3.05) is 26.8 Å². The lowest BCUT2D eigenvalue weighted by Gasteiger charge is -2.32. The molecule has 0 aliphatic carbocycles. The number of carbonyl (C=O) groups is 2. The number of aromatic nitrogens is 4. The summed E-state index contributed by atoms with van der Waals surface area (Å²) in [5, 5.41) is 0. The highest BCUT2D eigenvalue weighted by Gasteiger charge is 2.29. The molecule has 1 atom stereocenters. The van der Waals surface area contributed by atoms with E-state index in [0.717, 1.165) is 17.7 Å². The third-order valence-electron chi connectivity index (χ3n) is 6.27. The van der Waals surface area contributed by atoms with E-state index in [1.54, 1.807) is 10.6 Å². The average Bonchev–Trinajstić information content (AvgIpc) is 3.49. The number of nitrogens with two attached hydrogens (primary N) is 1. The molecule has 1 aromatic carbocycles. The van der Waals surface area contributed by atoms with Gasteiger partial charge in [-0.05, 0) is 36.8 Å². The quantitative estimate of drug-likeness (QED) is 0.441. The summed E-state index contributed by atoms with van der Waals surface area (Å²) in [5.41, 5.74) is 7.16. The molecule has 1 aliphatic heterocycles. The third-order valence-corrected chi connectivity index (χ3v) is 6.27. The van der Waals surface area contributed by atoms with Crippen LogP contribution in [0.4, 0.5) is 13.6 Å². The minimum atomic E-state index is -0.841. The van der Waals surface area contributed by atoms with E-state index in [9.17, 15) is 9.59 Å². The molecule has 4 aromatic rings. The van der Waals surface area contributed by atoms with Crippen molar-refractivity contribution >= 4 is 17.6 Å². The first-order valence-corrected chi connectivity index (χ1v) is 11.5. The molecule has 37 heavy (non-hydrogen) atoms. The normalized spacial score (nSPS) is 15.8. The van der Waals surface area contributed by atoms with Crippen LogP contribution in [0, 0.1) is 18.6 Å². The Balaban J connectivity index is 1.57. The second kappa shape index (κ2) is 9.62. The Morgan fingerprint density at radius 2 is 2.00 bits per heavy atom. The van der Waals surface area contributed by atoms with Gasteiger partial charge in [-0.1, -0.05) is 0 Å². The van der Waals surface area contributed by atoms with Crippen molar-refractivity contribution < 1.29 is 27.8 Å². The number of nitrogens with zero attached hydrogens (tertiary/aromatic N) is 5. The van der Waals surface area contributed by atoms with Crippen LogP contribution < -0.4 is 5.73 Å². The lowest BCUT2D eigenvalue weighted by atomic mass is 10.0. The number of rotatable bonds is 5. The molecule has 0 radical (unpaired) electrons. The number of aryl methyl sites for hydroxylation is 1. The van der Waals surface area contributed by atoms with Gasteiger partial charge in [0.05, 0.1) is 49.0 Å². The minimum absolute atomic E-state index is 0.0311. The van der Waals surface area contributed by atoms with Gasteiger partial charge >= 0.3 is 6.09 Å². The van der Waals surface area contributed by atoms with Crippen LogP contribution in [-0.2, 0) is 15.9 Å². The Hall–Kier alpha value is -4.32. The Bertz CT molecular complexity index is 1490. The van der Waals surface area contributed by atoms with Crippen molar-refractivity contribution in [3.05, 3.63) is 71.6 Å². The topological polar surface area (TPSA) is 117 Å². The number of amides is 2. The van der Waals surface area contributed by atoms with Crippen LogP contribution in [0.1, 0.15) is 21.7 Å². The zero-order chi connectivity index (χ0) is 26.3. The van der Waals surface area contributed by atoms with Gasteiger partial charge in [0.1, 0.15) is 29.3 Å². The van der Waals surface area contributed by atoms with Gasteiger partial charge in [-0.2, -0.15) is 0 Å². The molecule has 2 N–H and O–H groups in total. The van der Waals surface area contributed by atoms with Crippen molar-refractivity contribution in [3.8, 4) is 16.9 Å². The van der Waals surface area contributed by atoms with Gasteiger partial charge in [0.25, 0.3) is 5.91 Å². The first kappa shape index (κ1) is 24.4. The van der Waals surface area contributed by atoms with Crippen LogP contribution in [0.25, 0.3) is 22.6 Å². The van der Waals surface area contributed by atoms with Crippen LogP contribution in [-0.4, -0.2) is 68.7 Å². The van der Waals surface area contributed by atoms with Crippen LogP contribution in [0.5, 0.6) is 0 Å². The lowest BCUT2D eigenvalue weighted by molar-refractivity contribution is -0.0241. The van der Waals surface area contributed by atoms with E-state index >= 15 is 8.78 Å².